The van der Waals surface area contributed by atoms with Gasteiger partial charge in [0.2, 0.25) is 0 Å². The van der Waals surface area contributed by atoms with Crippen molar-refractivity contribution in [2.24, 2.45) is 0 Å². The molecule has 182 valence electrons. The maximum atomic E-state index is 13.0. The Hall–Kier alpha value is -2.90. The summed E-state index contributed by atoms with van der Waals surface area (Å²) in [5.41, 5.74) is 6.95. The number of amides is 2. The highest BCUT2D eigenvalue weighted by Gasteiger charge is 2.30. The third kappa shape index (κ3) is 4.81. The van der Waals surface area contributed by atoms with Gasteiger partial charge in [0.25, 0.3) is 11.8 Å². The molecule has 7 heteroatoms. The van der Waals surface area contributed by atoms with Crippen LogP contribution in [0, 0.1) is 13.8 Å². The van der Waals surface area contributed by atoms with Gasteiger partial charge in [0.1, 0.15) is 0 Å². The average molecular weight is 464 g/mol. The Bertz CT molecular complexity index is 1090. The lowest BCUT2D eigenvalue weighted by molar-refractivity contribution is -0.110. The van der Waals surface area contributed by atoms with Gasteiger partial charge in [-0.2, -0.15) is 0 Å². The summed E-state index contributed by atoms with van der Waals surface area (Å²) in [4.78, 5) is 31.6. The molecule has 0 saturated carbocycles. The van der Waals surface area contributed by atoms with E-state index in [0.717, 1.165) is 73.8 Å². The van der Waals surface area contributed by atoms with Crippen LogP contribution in [0.4, 0.5) is 5.69 Å². The van der Waals surface area contributed by atoms with Crippen molar-refractivity contribution in [1.29, 1.82) is 0 Å². The number of piperidine rings is 1. The number of hydrogen-bond donors (Lipinski definition) is 4. The fourth-order valence-electron chi connectivity index (χ4n) is 5.25. The number of aromatic nitrogens is 1. The molecule has 4 rings (SSSR count). The van der Waals surface area contributed by atoms with E-state index in [-0.39, 0.29) is 11.8 Å². The molecule has 0 unspecified atom stereocenters. The van der Waals surface area contributed by atoms with Crippen LogP contribution in [-0.2, 0) is 4.79 Å². The average Bonchev–Trinajstić information content (AvgIpc) is 3.31. The van der Waals surface area contributed by atoms with E-state index in [4.69, 9.17) is 0 Å². The van der Waals surface area contributed by atoms with E-state index in [1.165, 1.54) is 5.56 Å². The molecule has 4 N–H and O–H groups in total. The molecule has 1 aromatic heterocycles. The monoisotopic (exact) mass is 463 g/mol. The Morgan fingerprint density at radius 3 is 2.62 bits per heavy atom. The molecule has 3 heterocycles. The van der Waals surface area contributed by atoms with Gasteiger partial charge in [0.15, 0.2) is 0 Å². The Kier molecular flexibility index (Phi) is 7.54. The highest BCUT2D eigenvalue weighted by molar-refractivity contribution is 6.35. The van der Waals surface area contributed by atoms with Crippen LogP contribution in [0.5, 0.6) is 0 Å². The van der Waals surface area contributed by atoms with E-state index >= 15 is 0 Å². The van der Waals surface area contributed by atoms with Gasteiger partial charge >= 0.3 is 0 Å². The number of nitrogens with one attached hydrogen (secondary N) is 4. The normalized spacial score (nSPS) is 17.3. The van der Waals surface area contributed by atoms with Gasteiger partial charge in [-0.3, -0.25) is 9.59 Å². The Balaban J connectivity index is 1.61. The zero-order valence-electron chi connectivity index (χ0n) is 20.8. The predicted octanol–water partition coefficient (Wildman–Crippen LogP) is 3.66. The van der Waals surface area contributed by atoms with Gasteiger partial charge in [-0.25, -0.2) is 0 Å². The van der Waals surface area contributed by atoms with Gasteiger partial charge in [0, 0.05) is 35.7 Å². The van der Waals surface area contributed by atoms with Crippen LogP contribution in [0.1, 0.15) is 71.0 Å². The second kappa shape index (κ2) is 10.6. The van der Waals surface area contributed by atoms with Crippen LogP contribution >= 0.6 is 0 Å². The van der Waals surface area contributed by atoms with Crippen molar-refractivity contribution < 1.29 is 9.59 Å². The van der Waals surface area contributed by atoms with Crippen molar-refractivity contribution in [2.75, 3.05) is 44.6 Å². The molecular formula is C27H37N5O2. The summed E-state index contributed by atoms with van der Waals surface area (Å²) in [5, 5.41) is 9.52. The standard InChI is InChI=1S/C27H37N5O2/c1-5-32(6-2)15-14-29-27(34)24-17(3)23(30-18(24)4)16-21-25-20(19-10-12-28-13-11-19)8-7-9-22(25)31-26(21)33/h7-9,16,19,28,30H,5-6,10-15H2,1-4H3,(H,29,34)(H,31,33). The van der Waals surface area contributed by atoms with Crippen molar-refractivity contribution in [3.05, 3.63) is 51.8 Å². The number of aromatic amines is 1. The van der Waals surface area contributed by atoms with Crippen LogP contribution in [0.25, 0.3) is 11.6 Å². The fourth-order valence-corrected chi connectivity index (χ4v) is 5.25. The Morgan fingerprint density at radius 1 is 1.18 bits per heavy atom. The van der Waals surface area contributed by atoms with Crippen LogP contribution in [-0.4, -0.2) is 61.0 Å². The topological polar surface area (TPSA) is 89.3 Å². The van der Waals surface area contributed by atoms with Gasteiger partial charge in [-0.05, 0) is 82.1 Å². The lowest BCUT2D eigenvalue weighted by atomic mass is 9.85. The van der Waals surface area contributed by atoms with Crippen LogP contribution in [0.2, 0.25) is 0 Å². The third-order valence-electron chi connectivity index (χ3n) is 7.24. The van der Waals surface area contributed by atoms with Gasteiger partial charge in [-0.15, -0.1) is 0 Å². The number of fused-ring (bicyclic) bond motifs is 1. The van der Waals surface area contributed by atoms with E-state index in [9.17, 15) is 9.59 Å². The number of carbonyl (C=O) groups is 2. The number of hydrogen-bond acceptors (Lipinski definition) is 4. The summed E-state index contributed by atoms with van der Waals surface area (Å²) in [5.74, 6) is 0.272. The van der Waals surface area contributed by atoms with Crippen molar-refractivity contribution >= 4 is 29.2 Å². The number of likely N-dealkylation sites (N-methyl/N-ethyl adjacent to an activating group) is 1. The largest absolute Gasteiger partial charge is 0.358 e. The summed E-state index contributed by atoms with van der Waals surface area (Å²) in [6.07, 6.45) is 4.05. The zero-order valence-corrected chi connectivity index (χ0v) is 20.8. The van der Waals surface area contributed by atoms with E-state index in [1.54, 1.807) is 0 Å². The second-order valence-corrected chi connectivity index (χ2v) is 9.25. The first-order valence-corrected chi connectivity index (χ1v) is 12.5. The molecule has 34 heavy (non-hydrogen) atoms. The number of carbonyl (C=O) groups excluding carboxylic acids is 2. The van der Waals surface area contributed by atoms with Crippen molar-refractivity contribution in [1.82, 2.24) is 20.5 Å². The molecule has 0 atom stereocenters. The first-order valence-electron chi connectivity index (χ1n) is 12.5. The molecule has 0 spiro atoms. The number of nitrogens with zero attached hydrogens (tertiary/aromatic N) is 1. The third-order valence-corrected chi connectivity index (χ3v) is 7.24. The van der Waals surface area contributed by atoms with Gasteiger partial charge in [-0.1, -0.05) is 26.0 Å². The summed E-state index contributed by atoms with van der Waals surface area (Å²) in [7, 11) is 0. The molecule has 0 aliphatic carbocycles. The highest BCUT2D eigenvalue weighted by atomic mass is 16.2. The number of rotatable bonds is 8. The van der Waals surface area contributed by atoms with E-state index in [2.05, 4.69) is 45.7 Å². The molecule has 2 amide bonds. The maximum Gasteiger partial charge on any atom is 0.256 e. The van der Waals surface area contributed by atoms with Crippen LogP contribution in [0.15, 0.2) is 18.2 Å². The van der Waals surface area contributed by atoms with Gasteiger partial charge in [0.05, 0.1) is 11.1 Å². The van der Waals surface area contributed by atoms with Gasteiger partial charge < -0.3 is 25.8 Å². The SMILES string of the molecule is CCN(CC)CCNC(=O)c1c(C)[nH]c(C=C2C(=O)Nc3cccc(C4CCNCC4)c32)c1C. The van der Waals surface area contributed by atoms with Crippen molar-refractivity contribution in [3.63, 3.8) is 0 Å². The Labute approximate surface area is 202 Å². The Morgan fingerprint density at radius 2 is 1.91 bits per heavy atom. The fraction of sp³-hybridized carbons (Fsp3) is 0.481. The summed E-state index contributed by atoms with van der Waals surface area (Å²) >= 11 is 0. The van der Waals surface area contributed by atoms with E-state index in [1.807, 2.05) is 32.1 Å². The molecule has 1 aromatic carbocycles. The van der Waals surface area contributed by atoms with Crippen molar-refractivity contribution in [3.8, 4) is 0 Å². The first kappa shape index (κ1) is 24.2. The first-order chi connectivity index (χ1) is 16.4. The molecule has 0 radical (unpaired) electrons. The van der Waals surface area contributed by atoms with Crippen molar-refractivity contribution in [2.45, 2.75) is 46.5 Å². The molecule has 1 fully saturated rings. The maximum absolute atomic E-state index is 13.0. The minimum absolute atomic E-state index is 0.0743. The molecule has 0 bridgehead atoms. The smallest absolute Gasteiger partial charge is 0.256 e. The number of anilines is 1. The minimum atomic E-state index is -0.0896. The summed E-state index contributed by atoms with van der Waals surface area (Å²) in [6.45, 7) is 13.5. The molecule has 7 nitrogen and oxygen atoms in total. The van der Waals surface area contributed by atoms with E-state index < -0.39 is 0 Å². The lowest BCUT2D eigenvalue weighted by Crippen LogP contribution is -2.35. The predicted molar refractivity (Wildman–Crippen MR) is 138 cm³/mol. The molecular weight excluding hydrogens is 426 g/mol. The summed E-state index contributed by atoms with van der Waals surface area (Å²) < 4.78 is 0. The number of aryl methyl sites for hydroxylation is 1. The molecule has 2 aliphatic heterocycles. The number of H-pyrrole nitrogens is 1. The minimum Gasteiger partial charge on any atom is -0.358 e. The highest BCUT2D eigenvalue weighted by Crippen LogP contribution is 2.41. The zero-order chi connectivity index (χ0) is 24.2. The molecule has 1 saturated heterocycles. The lowest BCUT2D eigenvalue weighted by Gasteiger charge is -2.25. The van der Waals surface area contributed by atoms with Crippen LogP contribution in [0.3, 0.4) is 0 Å². The second-order valence-electron chi connectivity index (χ2n) is 9.25. The number of benzene rings is 1. The quantitative estimate of drug-likeness (QED) is 0.450. The summed E-state index contributed by atoms with van der Waals surface area (Å²) in [6, 6.07) is 6.16. The molecule has 2 aromatic rings. The molecule has 2 aliphatic rings. The van der Waals surface area contributed by atoms with Crippen LogP contribution < -0.4 is 16.0 Å². The van der Waals surface area contributed by atoms with E-state index in [0.29, 0.717) is 23.6 Å².